The van der Waals surface area contributed by atoms with Crippen molar-refractivity contribution in [2.45, 2.75) is 19.4 Å². The molecule has 2 aromatic rings. The fraction of sp³-hybridized carbons (Fsp3) is 0.389. The van der Waals surface area contributed by atoms with E-state index in [0.29, 0.717) is 6.42 Å². The van der Waals surface area contributed by atoms with Crippen molar-refractivity contribution in [1.82, 2.24) is 9.80 Å². The van der Waals surface area contributed by atoms with Crippen LogP contribution in [0.5, 0.6) is 0 Å². The number of halogens is 1. The molecule has 3 rings (SSSR count). The molecular formula is C18H21ClN2OS. The molecular weight excluding hydrogens is 328 g/mol. The molecule has 0 aliphatic carbocycles. The molecule has 1 fully saturated rings. The molecule has 0 unspecified atom stereocenters. The molecule has 1 aromatic carbocycles. The van der Waals surface area contributed by atoms with E-state index in [0.717, 1.165) is 44.2 Å². The molecule has 5 heteroatoms. The summed E-state index contributed by atoms with van der Waals surface area (Å²) >= 11 is 7.72. The second kappa shape index (κ2) is 7.95. The van der Waals surface area contributed by atoms with Crippen LogP contribution in [0.4, 0.5) is 0 Å². The molecule has 23 heavy (non-hydrogen) atoms. The average molecular weight is 349 g/mol. The number of piperazine rings is 1. The van der Waals surface area contributed by atoms with Gasteiger partial charge in [0.05, 0.1) is 0 Å². The number of aryl methyl sites for hydroxylation is 1. The molecule has 3 nitrogen and oxygen atoms in total. The Kier molecular flexibility index (Phi) is 5.70. The number of amides is 1. The Labute approximate surface area is 146 Å². The number of rotatable bonds is 5. The van der Waals surface area contributed by atoms with E-state index < -0.39 is 0 Å². The number of hydrogen-bond acceptors (Lipinski definition) is 3. The zero-order valence-corrected chi connectivity index (χ0v) is 14.7. The molecule has 0 radical (unpaired) electrons. The third kappa shape index (κ3) is 4.80. The zero-order chi connectivity index (χ0) is 16.1. The van der Waals surface area contributed by atoms with Crippen LogP contribution in [0.1, 0.15) is 17.5 Å². The minimum absolute atomic E-state index is 0.276. The van der Waals surface area contributed by atoms with Crippen LogP contribution in [0.3, 0.4) is 0 Å². The van der Waals surface area contributed by atoms with Crippen molar-refractivity contribution in [3.8, 4) is 0 Å². The minimum atomic E-state index is 0.276. The lowest BCUT2D eigenvalue weighted by Gasteiger charge is -2.34. The van der Waals surface area contributed by atoms with E-state index in [1.807, 2.05) is 23.1 Å². The van der Waals surface area contributed by atoms with Gasteiger partial charge in [0.25, 0.3) is 0 Å². The van der Waals surface area contributed by atoms with Crippen LogP contribution in [0, 0.1) is 0 Å². The first-order valence-electron chi connectivity index (χ1n) is 7.96. The van der Waals surface area contributed by atoms with Gasteiger partial charge in [-0.25, -0.2) is 0 Å². The van der Waals surface area contributed by atoms with Gasteiger partial charge in [0.15, 0.2) is 0 Å². The summed E-state index contributed by atoms with van der Waals surface area (Å²) in [4.78, 5) is 16.7. The first-order chi connectivity index (χ1) is 11.2. The van der Waals surface area contributed by atoms with E-state index in [2.05, 4.69) is 27.8 Å². The lowest BCUT2D eigenvalue weighted by molar-refractivity contribution is -0.133. The lowest BCUT2D eigenvalue weighted by Crippen LogP contribution is -2.48. The second-order valence-electron chi connectivity index (χ2n) is 5.92. The van der Waals surface area contributed by atoms with Crippen LogP contribution in [-0.4, -0.2) is 41.9 Å². The van der Waals surface area contributed by atoms with Crippen molar-refractivity contribution in [2.24, 2.45) is 0 Å². The second-order valence-corrected chi connectivity index (χ2v) is 7.13. The maximum Gasteiger partial charge on any atom is 0.222 e. The maximum atomic E-state index is 12.3. The number of nitrogens with zero attached hydrogens (tertiary/aromatic N) is 2. The predicted molar refractivity (Wildman–Crippen MR) is 95.9 cm³/mol. The Hall–Kier alpha value is -1.36. The topological polar surface area (TPSA) is 23.6 Å². The predicted octanol–water partition coefficient (Wildman–Crippen LogP) is 3.68. The van der Waals surface area contributed by atoms with E-state index in [4.69, 9.17) is 11.6 Å². The highest BCUT2D eigenvalue weighted by Crippen LogP contribution is 2.15. The number of hydrogen-bond donors (Lipinski definition) is 0. The van der Waals surface area contributed by atoms with E-state index in [1.54, 1.807) is 11.3 Å². The third-order valence-corrected chi connectivity index (χ3v) is 5.19. The molecule has 0 bridgehead atoms. The van der Waals surface area contributed by atoms with Crippen LogP contribution in [-0.2, 0) is 17.8 Å². The van der Waals surface area contributed by atoms with E-state index in [-0.39, 0.29) is 5.91 Å². The first-order valence-corrected chi connectivity index (χ1v) is 9.28. The molecule has 1 saturated heterocycles. The third-order valence-electron chi connectivity index (χ3n) is 4.23. The monoisotopic (exact) mass is 348 g/mol. The number of thiophene rings is 1. The van der Waals surface area contributed by atoms with Gasteiger partial charge >= 0.3 is 0 Å². The van der Waals surface area contributed by atoms with Crippen LogP contribution < -0.4 is 0 Å². The molecule has 1 aliphatic heterocycles. The van der Waals surface area contributed by atoms with Crippen molar-refractivity contribution in [3.63, 3.8) is 0 Å². The van der Waals surface area contributed by atoms with Gasteiger partial charge in [-0.15, -0.1) is 0 Å². The summed E-state index contributed by atoms with van der Waals surface area (Å²) in [6.45, 7) is 4.40. The van der Waals surface area contributed by atoms with Gasteiger partial charge < -0.3 is 4.90 Å². The van der Waals surface area contributed by atoms with Crippen LogP contribution >= 0.6 is 22.9 Å². The van der Waals surface area contributed by atoms with Gasteiger partial charge in [0, 0.05) is 44.2 Å². The molecule has 0 spiro atoms. The van der Waals surface area contributed by atoms with Crippen molar-refractivity contribution in [2.75, 3.05) is 26.2 Å². The number of carbonyl (C=O) groups excluding carboxylic acids is 1. The minimum Gasteiger partial charge on any atom is -0.340 e. The maximum absolute atomic E-state index is 12.3. The molecule has 0 N–H and O–H groups in total. The van der Waals surface area contributed by atoms with E-state index in [1.165, 1.54) is 11.1 Å². The highest BCUT2D eigenvalue weighted by Gasteiger charge is 2.20. The van der Waals surface area contributed by atoms with Gasteiger partial charge in [-0.2, -0.15) is 11.3 Å². The highest BCUT2D eigenvalue weighted by atomic mass is 35.5. The summed E-state index contributed by atoms with van der Waals surface area (Å²) in [6, 6.07) is 10.1. The molecule has 0 atom stereocenters. The molecule has 2 heterocycles. The Morgan fingerprint density at radius 3 is 2.65 bits per heavy atom. The van der Waals surface area contributed by atoms with Gasteiger partial charge in [-0.3, -0.25) is 9.69 Å². The number of carbonyl (C=O) groups is 1. The first kappa shape index (κ1) is 16.5. The Morgan fingerprint density at radius 2 is 1.96 bits per heavy atom. The summed E-state index contributed by atoms with van der Waals surface area (Å²) in [5, 5.41) is 4.97. The summed E-state index contributed by atoms with van der Waals surface area (Å²) in [7, 11) is 0. The molecule has 1 aromatic heterocycles. The van der Waals surface area contributed by atoms with E-state index >= 15 is 0 Å². The Bertz CT molecular complexity index is 636. The molecule has 122 valence electrons. The van der Waals surface area contributed by atoms with Gasteiger partial charge in [-0.1, -0.05) is 23.7 Å². The fourth-order valence-electron chi connectivity index (χ4n) is 2.89. The standard InChI is InChI=1S/C18H21ClN2OS/c19-17-3-1-2-16(12-17)13-20-7-9-21(10-8-20)18(22)5-4-15-6-11-23-14-15/h1-3,6,11-12,14H,4-5,7-10,13H2. The smallest absolute Gasteiger partial charge is 0.222 e. The highest BCUT2D eigenvalue weighted by molar-refractivity contribution is 7.07. The van der Waals surface area contributed by atoms with Crippen LogP contribution in [0.25, 0.3) is 0 Å². The van der Waals surface area contributed by atoms with Crippen molar-refractivity contribution in [1.29, 1.82) is 0 Å². The van der Waals surface area contributed by atoms with Gasteiger partial charge in [0.2, 0.25) is 5.91 Å². The van der Waals surface area contributed by atoms with Crippen molar-refractivity contribution in [3.05, 3.63) is 57.2 Å². The summed E-state index contributed by atoms with van der Waals surface area (Å²) in [6.07, 6.45) is 1.47. The quantitative estimate of drug-likeness (QED) is 0.823. The average Bonchev–Trinajstić information content (AvgIpc) is 3.07. The number of benzene rings is 1. The zero-order valence-electron chi connectivity index (χ0n) is 13.1. The fourth-order valence-corrected chi connectivity index (χ4v) is 3.81. The normalized spacial score (nSPS) is 15.8. The van der Waals surface area contributed by atoms with E-state index in [9.17, 15) is 4.79 Å². The summed E-state index contributed by atoms with van der Waals surface area (Å²) < 4.78 is 0. The van der Waals surface area contributed by atoms with Gasteiger partial charge in [0.1, 0.15) is 0 Å². The molecule has 0 saturated carbocycles. The summed E-state index contributed by atoms with van der Waals surface area (Å²) in [5.41, 5.74) is 2.50. The molecule has 1 aliphatic rings. The lowest BCUT2D eigenvalue weighted by atomic mass is 10.1. The SMILES string of the molecule is O=C(CCc1ccsc1)N1CCN(Cc2cccc(Cl)c2)CC1. The van der Waals surface area contributed by atoms with Crippen LogP contribution in [0.2, 0.25) is 5.02 Å². The van der Waals surface area contributed by atoms with Gasteiger partial charge in [-0.05, 0) is 46.5 Å². The Balaban J connectivity index is 1.43. The Morgan fingerprint density at radius 1 is 1.13 bits per heavy atom. The van der Waals surface area contributed by atoms with Crippen LogP contribution in [0.15, 0.2) is 41.1 Å². The molecule has 1 amide bonds. The summed E-state index contributed by atoms with van der Waals surface area (Å²) in [5.74, 6) is 0.276. The van der Waals surface area contributed by atoms with Crippen molar-refractivity contribution >= 4 is 28.8 Å². The largest absolute Gasteiger partial charge is 0.340 e. The van der Waals surface area contributed by atoms with Crippen molar-refractivity contribution < 1.29 is 4.79 Å².